The molecule has 4 fully saturated rings. The van der Waals surface area contributed by atoms with Crippen LogP contribution in [-0.4, -0.2) is 117 Å². The number of imide groups is 1. The number of rotatable bonds is 12. The number of likely N-dealkylation sites (N-methyl/N-ethyl adjacent to an activating group) is 1. The van der Waals surface area contributed by atoms with Crippen LogP contribution in [0.2, 0.25) is 5.02 Å². The number of nitriles is 1. The fourth-order valence-corrected chi connectivity index (χ4v) is 10.1. The van der Waals surface area contributed by atoms with Gasteiger partial charge in [-0.1, -0.05) is 11.6 Å². The number of carbonyl (C=O) groups is 5. The number of nitrogens with zero attached hydrogens (tertiary/aromatic N) is 7. The van der Waals surface area contributed by atoms with E-state index in [1.165, 1.54) is 7.05 Å². The summed E-state index contributed by atoms with van der Waals surface area (Å²) in [5, 5.41) is 15.2. The van der Waals surface area contributed by atoms with Crippen LogP contribution >= 0.6 is 11.6 Å². The van der Waals surface area contributed by atoms with Crippen LogP contribution in [-0.2, 0) is 14.4 Å². The van der Waals surface area contributed by atoms with Gasteiger partial charge in [0.2, 0.25) is 11.8 Å². The summed E-state index contributed by atoms with van der Waals surface area (Å²) in [6.45, 7) is 8.48. The zero-order chi connectivity index (χ0) is 42.0. The third-order valence-electron chi connectivity index (χ3n) is 13.4. The second kappa shape index (κ2) is 17.6. The van der Waals surface area contributed by atoms with E-state index in [-0.39, 0.29) is 24.7 Å². The Labute approximate surface area is 355 Å². The highest BCUT2D eigenvalue weighted by molar-refractivity contribution is 6.32. The van der Waals surface area contributed by atoms with Crippen molar-refractivity contribution in [2.24, 2.45) is 17.3 Å². The van der Waals surface area contributed by atoms with Crippen molar-refractivity contribution in [1.29, 1.82) is 5.26 Å². The van der Waals surface area contributed by atoms with Gasteiger partial charge in [-0.25, -0.2) is 4.98 Å². The molecule has 1 aromatic heterocycles. The number of pyridine rings is 1. The van der Waals surface area contributed by atoms with Crippen molar-refractivity contribution in [3.05, 3.63) is 76.4 Å². The second-order valence-corrected chi connectivity index (χ2v) is 17.5. The quantitative estimate of drug-likeness (QED) is 0.187. The SMILES string of the molecule is CNC(=O)C(CCC=O)N1C(=O)c2ccc(N3CCC4(CC3)CN(CC3CCN(c5ccc(NC(=O)C6CCN(c7ccc(C#N)c(Cl)c7)CC6)cn5)CC3)C4)cc2C1=O. The van der Waals surface area contributed by atoms with Crippen molar-refractivity contribution >= 4 is 64.4 Å². The number of hydrogen-bond acceptors (Lipinski definition) is 11. The predicted octanol–water partition coefficient (Wildman–Crippen LogP) is 4.97. The summed E-state index contributed by atoms with van der Waals surface area (Å²) in [6.07, 6.45) is 8.46. The first kappa shape index (κ1) is 41.2. The number of fused-ring (bicyclic) bond motifs is 1. The Morgan fingerprint density at radius 1 is 0.900 bits per heavy atom. The smallest absolute Gasteiger partial charge is 0.262 e. The molecule has 0 aliphatic carbocycles. The Morgan fingerprint density at radius 3 is 2.22 bits per heavy atom. The van der Waals surface area contributed by atoms with Gasteiger partial charge in [0.05, 0.1) is 33.6 Å². The fourth-order valence-electron chi connectivity index (χ4n) is 9.88. The molecule has 1 spiro atoms. The molecule has 60 heavy (non-hydrogen) atoms. The lowest BCUT2D eigenvalue weighted by Gasteiger charge is -2.55. The van der Waals surface area contributed by atoms with Gasteiger partial charge in [0.25, 0.3) is 11.8 Å². The van der Waals surface area contributed by atoms with Crippen LogP contribution in [0.5, 0.6) is 0 Å². The van der Waals surface area contributed by atoms with Crippen LogP contribution in [0.4, 0.5) is 22.9 Å². The van der Waals surface area contributed by atoms with E-state index in [9.17, 15) is 24.0 Å². The topological polar surface area (TPSA) is 162 Å². The molecule has 6 heterocycles. The van der Waals surface area contributed by atoms with E-state index in [0.717, 1.165) is 120 Å². The molecule has 1 atom stereocenters. The number of piperidine rings is 3. The molecule has 4 saturated heterocycles. The van der Waals surface area contributed by atoms with E-state index in [1.54, 1.807) is 24.4 Å². The third-order valence-corrected chi connectivity index (χ3v) is 13.7. The van der Waals surface area contributed by atoms with Crippen molar-refractivity contribution in [3.63, 3.8) is 0 Å². The summed E-state index contributed by atoms with van der Waals surface area (Å²) in [4.78, 5) is 78.6. The summed E-state index contributed by atoms with van der Waals surface area (Å²) >= 11 is 6.24. The van der Waals surface area contributed by atoms with Gasteiger partial charge in [0.15, 0.2) is 0 Å². The third kappa shape index (κ3) is 8.43. The Hall–Kier alpha value is -5.52. The van der Waals surface area contributed by atoms with Crippen molar-refractivity contribution in [2.75, 3.05) is 86.0 Å². The first-order valence-corrected chi connectivity index (χ1v) is 21.6. The summed E-state index contributed by atoms with van der Waals surface area (Å²) in [7, 11) is 1.46. The average molecular weight is 834 g/mol. The monoisotopic (exact) mass is 833 g/mol. The van der Waals surface area contributed by atoms with Crippen LogP contribution in [0.1, 0.15) is 77.6 Å². The largest absolute Gasteiger partial charge is 0.371 e. The minimum atomic E-state index is -1.03. The van der Waals surface area contributed by atoms with Crippen LogP contribution in [0.15, 0.2) is 54.7 Å². The Morgan fingerprint density at radius 2 is 1.57 bits per heavy atom. The maximum absolute atomic E-state index is 13.4. The molecule has 5 aliphatic rings. The number of carbonyl (C=O) groups excluding carboxylic acids is 5. The highest BCUT2D eigenvalue weighted by Crippen LogP contribution is 2.43. The average Bonchev–Trinajstić information content (AvgIpc) is 3.51. The molecule has 14 nitrogen and oxygen atoms in total. The molecule has 2 aromatic carbocycles. The van der Waals surface area contributed by atoms with E-state index >= 15 is 0 Å². The number of likely N-dealkylation sites (tertiary alicyclic amines) is 1. The number of benzene rings is 2. The molecule has 0 saturated carbocycles. The van der Waals surface area contributed by atoms with Gasteiger partial charge in [0, 0.05) is 89.7 Å². The lowest BCUT2D eigenvalue weighted by Crippen LogP contribution is -2.61. The van der Waals surface area contributed by atoms with Crippen LogP contribution in [0.3, 0.4) is 0 Å². The van der Waals surface area contributed by atoms with Gasteiger partial charge in [-0.3, -0.25) is 24.1 Å². The maximum Gasteiger partial charge on any atom is 0.262 e. The number of nitrogens with one attached hydrogen (secondary N) is 2. The Balaban J connectivity index is 0.749. The van der Waals surface area contributed by atoms with E-state index in [4.69, 9.17) is 21.8 Å². The minimum absolute atomic E-state index is 0.0206. The van der Waals surface area contributed by atoms with Crippen LogP contribution < -0.4 is 25.3 Å². The summed E-state index contributed by atoms with van der Waals surface area (Å²) < 4.78 is 0. The molecular weight excluding hydrogens is 782 g/mol. The molecule has 8 rings (SSSR count). The Bertz CT molecular complexity index is 2160. The van der Waals surface area contributed by atoms with Crippen LogP contribution in [0, 0.1) is 28.6 Å². The number of anilines is 4. The molecule has 4 amide bonds. The molecule has 15 heteroatoms. The van der Waals surface area contributed by atoms with Gasteiger partial charge in [0.1, 0.15) is 24.2 Å². The van der Waals surface area contributed by atoms with Gasteiger partial charge >= 0.3 is 0 Å². The number of hydrogen-bond donors (Lipinski definition) is 2. The Kier molecular flexibility index (Phi) is 12.1. The predicted molar refractivity (Wildman–Crippen MR) is 229 cm³/mol. The highest BCUT2D eigenvalue weighted by atomic mass is 35.5. The lowest BCUT2D eigenvalue weighted by atomic mass is 9.71. The van der Waals surface area contributed by atoms with Crippen molar-refractivity contribution < 1.29 is 24.0 Å². The standard InChI is InChI=1S/C45H52ClN9O5/c1-48-42(58)39(3-2-22-56)55-43(59)36-8-7-34(23-37(36)44(55)60)53-20-14-45(15-21-53)28-51(29-45)27-30-10-16-54(17-11-30)40-9-5-33(26-49-40)50-41(57)31-12-18-52(19-13-31)35-6-4-32(25-47)38(46)24-35/h4-9,22-24,26,30-31,39H,2-3,10-21,27-29H2,1H3,(H,48,58)(H,50,57). The van der Waals surface area contributed by atoms with Gasteiger partial charge < -0.3 is 35.0 Å². The molecule has 314 valence electrons. The highest BCUT2D eigenvalue weighted by Gasteiger charge is 2.46. The van der Waals surface area contributed by atoms with Gasteiger partial charge in [-0.2, -0.15) is 5.26 Å². The van der Waals surface area contributed by atoms with E-state index in [2.05, 4.69) is 36.3 Å². The second-order valence-electron chi connectivity index (χ2n) is 17.1. The van der Waals surface area contributed by atoms with Crippen molar-refractivity contribution in [1.82, 2.24) is 20.1 Å². The van der Waals surface area contributed by atoms with E-state index in [1.807, 2.05) is 30.3 Å². The zero-order valence-corrected chi connectivity index (χ0v) is 34.8. The molecular formula is C45H52ClN9O5. The molecule has 0 radical (unpaired) electrons. The van der Waals surface area contributed by atoms with Gasteiger partial charge in [-0.05, 0) is 105 Å². The molecule has 5 aliphatic heterocycles. The normalized spacial score (nSPS) is 20.1. The minimum Gasteiger partial charge on any atom is -0.371 e. The van der Waals surface area contributed by atoms with E-state index < -0.39 is 23.8 Å². The first-order valence-electron chi connectivity index (χ1n) is 21.2. The zero-order valence-electron chi connectivity index (χ0n) is 34.1. The molecule has 0 bridgehead atoms. The summed E-state index contributed by atoms with van der Waals surface area (Å²) in [5.74, 6) is 0.0809. The molecule has 1 unspecified atom stereocenters. The first-order chi connectivity index (χ1) is 29.1. The number of amides is 4. The lowest BCUT2D eigenvalue weighted by molar-refractivity contribution is -0.125. The number of aromatic nitrogens is 1. The van der Waals surface area contributed by atoms with Crippen molar-refractivity contribution in [3.8, 4) is 6.07 Å². The fraction of sp³-hybridized carbons (Fsp3) is 0.489. The summed E-state index contributed by atoms with van der Waals surface area (Å²) in [5.41, 5.74) is 3.98. The van der Waals surface area contributed by atoms with E-state index in [0.29, 0.717) is 45.0 Å². The molecule has 2 N–H and O–H groups in total. The van der Waals surface area contributed by atoms with Crippen LogP contribution in [0.25, 0.3) is 0 Å². The number of halogens is 1. The molecule has 3 aromatic rings. The summed E-state index contributed by atoms with van der Waals surface area (Å²) in [6, 6.07) is 15.9. The van der Waals surface area contributed by atoms with Gasteiger partial charge in [-0.15, -0.1) is 0 Å². The van der Waals surface area contributed by atoms with Crippen molar-refractivity contribution in [2.45, 2.75) is 57.4 Å². The number of aldehydes is 1. The maximum atomic E-state index is 13.4.